The summed E-state index contributed by atoms with van der Waals surface area (Å²) in [7, 11) is 0. The first kappa shape index (κ1) is 30.9. The van der Waals surface area contributed by atoms with Crippen LogP contribution < -0.4 is 9.47 Å². The molecule has 6 nitrogen and oxygen atoms in total. The van der Waals surface area contributed by atoms with Crippen molar-refractivity contribution >= 4 is 33.5 Å². The Balaban J connectivity index is 1.23. The Morgan fingerprint density at radius 1 is 0.476 bits per heavy atom. The van der Waals surface area contributed by atoms with Crippen molar-refractivity contribution < 1.29 is 28.5 Å². The number of rotatable bonds is 17. The predicted molar refractivity (Wildman–Crippen MR) is 168 cm³/mol. The van der Waals surface area contributed by atoms with E-state index in [0.29, 0.717) is 37.6 Å². The van der Waals surface area contributed by atoms with Crippen molar-refractivity contribution in [3.05, 3.63) is 83.9 Å². The van der Waals surface area contributed by atoms with Gasteiger partial charge >= 0.3 is 11.9 Å². The molecule has 4 aromatic carbocycles. The van der Waals surface area contributed by atoms with Crippen molar-refractivity contribution in [3.63, 3.8) is 0 Å². The fourth-order valence-corrected chi connectivity index (χ4v) is 4.75. The molecule has 0 saturated heterocycles. The molecule has 42 heavy (non-hydrogen) atoms. The first-order chi connectivity index (χ1) is 20.6. The van der Waals surface area contributed by atoms with Gasteiger partial charge in [-0.25, -0.2) is 9.59 Å². The third-order valence-electron chi connectivity index (χ3n) is 7.18. The van der Waals surface area contributed by atoms with Gasteiger partial charge in [-0.2, -0.15) is 0 Å². The summed E-state index contributed by atoms with van der Waals surface area (Å²) in [6.07, 6.45) is 8.59. The highest BCUT2D eigenvalue weighted by molar-refractivity contribution is 5.96. The van der Waals surface area contributed by atoms with Gasteiger partial charge in [0.2, 0.25) is 0 Å². The second kappa shape index (κ2) is 16.4. The fourth-order valence-electron chi connectivity index (χ4n) is 4.75. The van der Waals surface area contributed by atoms with Crippen molar-refractivity contribution in [3.8, 4) is 11.5 Å². The number of fused-ring (bicyclic) bond motifs is 2. The molecule has 0 amide bonds. The number of carbonyl (C=O) groups is 2. The Morgan fingerprint density at radius 2 is 0.881 bits per heavy atom. The normalized spacial score (nSPS) is 11.0. The Hall–Kier alpha value is -4.06. The van der Waals surface area contributed by atoms with E-state index in [4.69, 9.17) is 18.9 Å². The van der Waals surface area contributed by atoms with Crippen molar-refractivity contribution in [2.75, 3.05) is 26.4 Å². The zero-order valence-electron chi connectivity index (χ0n) is 24.9. The molecule has 0 saturated carbocycles. The lowest BCUT2D eigenvalue weighted by atomic mass is 10.1. The van der Waals surface area contributed by atoms with Gasteiger partial charge in [0.05, 0.1) is 24.3 Å². The SMILES string of the molecule is CCCCCCOC(=O)c1ccc2cc(OCCOc3ccc4cc(C(=O)OCCCCCC)ccc4c3)ccc2c1. The quantitative estimate of drug-likeness (QED) is 0.0932. The summed E-state index contributed by atoms with van der Waals surface area (Å²) in [6.45, 7) is 6.01. The minimum absolute atomic E-state index is 0.282. The number of hydrogen-bond acceptors (Lipinski definition) is 6. The lowest BCUT2D eigenvalue weighted by Crippen LogP contribution is -2.09. The van der Waals surface area contributed by atoms with Crippen LogP contribution in [0.1, 0.15) is 85.9 Å². The van der Waals surface area contributed by atoms with Crippen LogP contribution in [0.4, 0.5) is 0 Å². The Bertz CT molecular complexity index is 1350. The van der Waals surface area contributed by atoms with Gasteiger partial charge in [0.25, 0.3) is 0 Å². The van der Waals surface area contributed by atoms with E-state index in [9.17, 15) is 9.59 Å². The molecule has 222 valence electrons. The molecule has 4 rings (SSSR count). The molecule has 0 bridgehead atoms. The zero-order chi connectivity index (χ0) is 29.6. The molecule has 0 aliphatic rings. The number of unbranched alkanes of at least 4 members (excludes halogenated alkanes) is 6. The second-order valence-corrected chi connectivity index (χ2v) is 10.5. The van der Waals surface area contributed by atoms with Crippen molar-refractivity contribution in [2.45, 2.75) is 65.2 Å². The Morgan fingerprint density at radius 3 is 1.31 bits per heavy atom. The van der Waals surface area contributed by atoms with E-state index >= 15 is 0 Å². The maximum Gasteiger partial charge on any atom is 0.338 e. The summed E-state index contributed by atoms with van der Waals surface area (Å²) in [5, 5.41) is 3.89. The van der Waals surface area contributed by atoms with Crippen LogP contribution >= 0.6 is 0 Å². The molecule has 6 heteroatoms. The molecule has 0 atom stereocenters. The maximum absolute atomic E-state index is 12.4. The van der Waals surface area contributed by atoms with Crippen molar-refractivity contribution in [1.29, 1.82) is 0 Å². The van der Waals surface area contributed by atoms with Crippen LogP contribution in [-0.2, 0) is 9.47 Å². The first-order valence-corrected chi connectivity index (χ1v) is 15.2. The fraction of sp³-hybridized carbons (Fsp3) is 0.389. The monoisotopic (exact) mass is 570 g/mol. The topological polar surface area (TPSA) is 71.1 Å². The van der Waals surface area contributed by atoms with Gasteiger partial charge in [0.15, 0.2) is 0 Å². The highest BCUT2D eigenvalue weighted by Crippen LogP contribution is 2.24. The molecule has 4 aromatic rings. The smallest absolute Gasteiger partial charge is 0.338 e. The van der Waals surface area contributed by atoms with Crippen LogP contribution in [-0.4, -0.2) is 38.4 Å². The average molecular weight is 571 g/mol. The molecule has 0 N–H and O–H groups in total. The second-order valence-electron chi connectivity index (χ2n) is 10.5. The van der Waals surface area contributed by atoms with E-state index in [2.05, 4.69) is 13.8 Å². The van der Waals surface area contributed by atoms with E-state index < -0.39 is 0 Å². The molecule has 0 aliphatic heterocycles. The van der Waals surface area contributed by atoms with Crippen LogP contribution in [0.25, 0.3) is 21.5 Å². The minimum Gasteiger partial charge on any atom is -0.490 e. The van der Waals surface area contributed by atoms with E-state index in [1.54, 1.807) is 12.1 Å². The van der Waals surface area contributed by atoms with Gasteiger partial charge in [-0.1, -0.05) is 76.6 Å². The van der Waals surface area contributed by atoms with Crippen LogP contribution in [0.3, 0.4) is 0 Å². The largest absolute Gasteiger partial charge is 0.490 e. The average Bonchev–Trinajstić information content (AvgIpc) is 3.02. The molecule has 0 spiro atoms. The first-order valence-electron chi connectivity index (χ1n) is 15.2. The number of esters is 2. The van der Waals surface area contributed by atoms with E-state index in [1.165, 1.54) is 0 Å². The van der Waals surface area contributed by atoms with Gasteiger partial charge in [-0.3, -0.25) is 0 Å². The molecule has 0 unspecified atom stereocenters. The van der Waals surface area contributed by atoms with Crippen LogP contribution in [0.5, 0.6) is 11.5 Å². The third kappa shape index (κ3) is 9.23. The Labute approximate surface area is 248 Å². The van der Waals surface area contributed by atoms with E-state index in [0.717, 1.165) is 84.4 Å². The third-order valence-corrected chi connectivity index (χ3v) is 7.18. The zero-order valence-corrected chi connectivity index (χ0v) is 24.9. The predicted octanol–water partition coefficient (Wildman–Crippen LogP) is 8.93. The molecule has 0 aromatic heterocycles. The van der Waals surface area contributed by atoms with E-state index in [-0.39, 0.29) is 11.9 Å². The van der Waals surface area contributed by atoms with Gasteiger partial charge in [0, 0.05) is 0 Å². The standard InChI is InChI=1S/C36H42O6/c1-3-5-7-9-19-41-35(37)31-13-11-29-25-33(17-15-27(29)23-31)39-21-22-40-34-18-16-28-24-32(14-12-30(28)26-34)36(38)42-20-10-8-6-4-2/h11-18,23-26H,3-10,19-22H2,1-2H3. The number of carbonyl (C=O) groups excluding carboxylic acids is 2. The number of benzene rings is 4. The van der Waals surface area contributed by atoms with E-state index in [1.807, 2.05) is 60.7 Å². The summed E-state index contributed by atoms with van der Waals surface area (Å²) in [5.74, 6) is 0.910. The van der Waals surface area contributed by atoms with Gasteiger partial charge in [-0.15, -0.1) is 0 Å². The van der Waals surface area contributed by atoms with Crippen LogP contribution in [0.15, 0.2) is 72.8 Å². The summed E-state index contributed by atoms with van der Waals surface area (Å²) in [4.78, 5) is 24.8. The molecular weight excluding hydrogens is 528 g/mol. The molecule has 0 radical (unpaired) electrons. The number of hydrogen-bond donors (Lipinski definition) is 0. The molecule has 0 heterocycles. The van der Waals surface area contributed by atoms with Crippen LogP contribution in [0, 0.1) is 0 Å². The van der Waals surface area contributed by atoms with Gasteiger partial charge in [-0.05, 0) is 82.9 Å². The summed E-state index contributed by atoms with van der Waals surface area (Å²) in [5.41, 5.74) is 1.12. The Kier molecular flexibility index (Phi) is 12.1. The molecule has 0 aliphatic carbocycles. The van der Waals surface area contributed by atoms with Gasteiger partial charge in [0.1, 0.15) is 24.7 Å². The summed E-state index contributed by atoms with van der Waals surface area (Å²) < 4.78 is 22.7. The summed E-state index contributed by atoms with van der Waals surface area (Å²) in [6, 6.07) is 22.7. The lowest BCUT2D eigenvalue weighted by Gasteiger charge is -2.11. The molecule has 0 fully saturated rings. The maximum atomic E-state index is 12.4. The van der Waals surface area contributed by atoms with Crippen molar-refractivity contribution in [2.24, 2.45) is 0 Å². The van der Waals surface area contributed by atoms with Crippen molar-refractivity contribution in [1.82, 2.24) is 0 Å². The summed E-state index contributed by atoms with van der Waals surface area (Å²) >= 11 is 0. The lowest BCUT2D eigenvalue weighted by molar-refractivity contribution is 0.0488. The van der Waals surface area contributed by atoms with Gasteiger partial charge < -0.3 is 18.9 Å². The number of ether oxygens (including phenoxy) is 4. The molecular formula is C36H42O6. The highest BCUT2D eigenvalue weighted by Gasteiger charge is 2.10. The highest BCUT2D eigenvalue weighted by atomic mass is 16.5. The van der Waals surface area contributed by atoms with Crippen LogP contribution in [0.2, 0.25) is 0 Å². The minimum atomic E-state index is -0.282.